The van der Waals surface area contributed by atoms with Crippen LogP contribution in [0.2, 0.25) is 0 Å². The average molecular weight is 211 g/mol. The predicted octanol–water partition coefficient (Wildman–Crippen LogP) is 1.15. The molecule has 0 aliphatic rings. The topological polar surface area (TPSA) is 74.6 Å². The molecule has 8 heteroatoms. The van der Waals surface area contributed by atoms with Gasteiger partial charge in [0.15, 0.2) is 0 Å². The molecule has 4 nitrogen and oxygen atoms in total. The van der Waals surface area contributed by atoms with E-state index in [2.05, 4.69) is 0 Å². The molecule has 0 aliphatic carbocycles. The molecule has 0 unspecified atom stereocenters. The van der Waals surface area contributed by atoms with Crippen molar-refractivity contribution in [2.45, 2.75) is 13.1 Å². The molecule has 0 saturated heterocycles. The summed E-state index contributed by atoms with van der Waals surface area (Å²) >= 11 is 0. The highest BCUT2D eigenvalue weighted by molar-refractivity contribution is 5.85. The number of aliphatic carboxylic acids is 2. The Morgan fingerprint density at radius 2 is 1.25 bits per heavy atom. The van der Waals surface area contributed by atoms with Crippen LogP contribution in [-0.2, 0) is 9.59 Å². The first-order valence-electron chi connectivity index (χ1n) is 2.17. The Hall–Kier alpha value is -0.980. The molecule has 0 atom stereocenters. The van der Waals surface area contributed by atoms with E-state index < -0.39 is 18.1 Å². The van der Waals surface area contributed by atoms with E-state index in [1.165, 1.54) is 0 Å². The molecule has 0 radical (unpaired) electrons. The van der Waals surface area contributed by atoms with Gasteiger partial charge in [-0.15, -0.1) is 12.4 Å². The molecular weight excluding hydrogens is 204 g/mol. The van der Waals surface area contributed by atoms with E-state index in [1.807, 2.05) is 0 Å². The van der Waals surface area contributed by atoms with Crippen LogP contribution < -0.4 is 0 Å². The van der Waals surface area contributed by atoms with E-state index in [0.717, 1.165) is 6.92 Å². The van der Waals surface area contributed by atoms with Crippen molar-refractivity contribution in [2.24, 2.45) is 0 Å². The van der Waals surface area contributed by atoms with Gasteiger partial charge in [0.1, 0.15) is 0 Å². The lowest BCUT2D eigenvalue weighted by Gasteiger charge is -1.93. The van der Waals surface area contributed by atoms with Crippen LogP contribution in [0.25, 0.3) is 0 Å². The molecule has 0 aromatic rings. The minimum absolute atomic E-state index is 0. The summed E-state index contributed by atoms with van der Waals surface area (Å²) in [6.07, 6.45) is -5.08. The average Bonchev–Trinajstić information content (AvgIpc) is 1.59. The summed E-state index contributed by atoms with van der Waals surface area (Å²) < 4.78 is 31.7. The van der Waals surface area contributed by atoms with E-state index in [0.29, 0.717) is 0 Å². The van der Waals surface area contributed by atoms with E-state index in [-0.39, 0.29) is 12.4 Å². The minimum atomic E-state index is -5.08. The van der Waals surface area contributed by atoms with Crippen LogP contribution in [0.4, 0.5) is 13.2 Å². The third kappa shape index (κ3) is 23.0. The molecule has 0 heterocycles. The van der Waals surface area contributed by atoms with E-state index >= 15 is 0 Å². The molecular formula is C4H6ClF3O4. The van der Waals surface area contributed by atoms with Crippen molar-refractivity contribution in [3.05, 3.63) is 0 Å². The van der Waals surface area contributed by atoms with Crippen molar-refractivity contribution in [3.63, 3.8) is 0 Å². The molecule has 0 spiro atoms. The van der Waals surface area contributed by atoms with Crippen molar-refractivity contribution in [1.29, 1.82) is 0 Å². The van der Waals surface area contributed by atoms with Gasteiger partial charge in [0.2, 0.25) is 0 Å². The summed E-state index contributed by atoms with van der Waals surface area (Å²) in [7, 11) is 0. The zero-order valence-electron chi connectivity index (χ0n) is 5.75. The zero-order chi connectivity index (χ0) is 9.65. The molecule has 0 aliphatic heterocycles. The Morgan fingerprint density at radius 3 is 1.25 bits per heavy atom. The fraction of sp³-hybridized carbons (Fsp3) is 0.500. The summed E-state index contributed by atoms with van der Waals surface area (Å²) in [5.41, 5.74) is 0. The zero-order valence-corrected chi connectivity index (χ0v) is 6.57. The van der Waals surface area contributed by atoms with Gasteiger partial charge >= 0.3 is 12.1 Å². The maximum absolute atomic E-state index is 10.6. The SMILES string of the molecule is CC(=O)O.Cl.O=C(O)C(F)(F)F. The number of carboxylic acids is 2. The number of rotatable bonds is 0. The second-order valence-corrected chi connectivity index (χ2v) is 1.32. The molecule has 0 amide bonds. The number of hydrogen-bond acceptors (Lipinski definition) is 2. The Kier molecular flexibility index (Phi) is 9.62. The lowest BCUT2D eigenvalue weighted by atomic mass is 10.7. The van der Waals surface area contributed by atoms with Gasteiger partial charge in [-0.1, -0.05) is 0 Å². The van der Waals surface area contributed by atoms with Gasteiger partial charge in [-0.05, 0) is 0 Å². The van der Waals surface area contributed by atoms with Crippen molar-refractivity contribution >= 4 is 24.3 Å². The van der Waals surface area contributed by atoms with Gasteiger partial charge < -0.3 is 10.2 Å². The minimum Gasteiger partial charge on any atom is -0.481 e. The van der Waals surface area contributed by atoms with Gasteiger partial charge in [-0.3, -0.25) is 4.79 Å². The molecule has 0 bridgehead atoms. The van der Waals surface area contributed by atoms with Crippen molar-refractivity contribution < 1.29 is 33.0 Å². The van der Waals surface area contributed by atoms with Gasteiger partial charge in [0, 0.05) is 6.92 Å². The fourth-order valence-electron chi connectivity index (χ4n) is 0. The maximum atomic E-state index is 10.6. The second-order valence-electron chi connectivity index (χ2n) is 1.32. The first-order valence-corrected chi connectivity index (χ1v) is 2.17. The molecule has 12 heavy (non-hydrogen) atoms. The van der Waals surface area contributed by atoms with Crippen LogP contribution in [0.3, 0.4) is 0 Å². The number of carboxylic acid groups (broad SMARTS) is 2. The fourth-order valence-corrected chi connectivity index (χ4v) is 0. The monoisotopic (exact) mass is 210 g/mol. The maximum Gasteiger partial charge on any atom is 0.490 e. The summed E-state index contributed by atoms with van der Waals surface area (Å²) in [6.45, 7) is 1.08. The standard InChI is InChI=1S/C2HF3O2.C2H4O2.ClH/c3-2(4,5)1(6)7;1-2(3)4;/h(H,6,7);1H3,(H,3,4);1H. The van der Waals surface area contributed by atoms with Crippen LogP contribution in [0.15, 0.2) is 0 Å². The van der Waals surface area contributed by atoms with Crippen molar-refractivity contribution in [1.82, 2.24) is 0 Å². The molecule has 74 valence electrons. The smallest absolute Gasteiger partial charge is 0.481 e. The molecule has 2 N–H and O–H groups in total. The number of hydrogen-bond donors (Lipinski definition) is 2. The van der Waals surface area contributed by atoms with Gasteiger partial charge in [-0.2, -0.15) is 13.2 Å². The number of carbonyl (C=O) groups is 2. The van der Waals surface area contributed by atoms with Gasteiger partial charge in [-0.25, -0.2) is 4.79 Å². The molecule has 0 aromatic carbocycles. The molecule has 0 rings (SSSR count). The molecule has 0 saturated carbocycles. The Labute approximate surface area is 71.4 Å². The number of halogens is 4. The van der Waals surface area contributed by atoms with E-state index in [1.54, 1.807) is 0 Å². The lowest BCUT2D eigenvalue weighted by molar-refractivity contribution is -0.192. The Balaban J connectivity index is -0.000000142. The largest absolute Gasteiger partial charge is 0.490 e. The van der Waals surface area contributed by atoms with E-state index in [9.17, 15) is 13.2 Å². The third-order valence-electron chi connectivity index (χ3n) is 0.243. The predicted molar refractivity (Wildman–Crippen MR) is 34.2 cm³/mol. The van der Waals surface area contributed by atoms with Gasteiger partial charge in [0.25, 0.3) is 5.97 Å². The van der Waals surface area contributed by atoms with Crippen molar-refractivity contribution in [3.8, 4) is 0 Å². The quantitative estimate of drug-likeness (QED) is 0.629. The third-order valence-corrected chi connectivity index (χ3v) is 0.243. The highest BCUT2D eigenvalue weighted by Gasteiger charge is 2.38. The summed E-state index contributed by atoms with van der Waals surface area (Å²) in [6, 6.07) is 0. The molecule has 0 fully saturated rings. The van der Waals surface area contributed by atoms with Crippen molar-refractivity contribution in [2.75, 3.05) is 0 Å². The van der Waals surface area contributed by atoms with Gasteiger partial charge in [0.05, 0.1) is 0 Å². The summed E-state index contributed by atoms with van der Waals surface area (Å²) in [4.78, 5) is 17.9. The van der Waals surface area contributed by atoms with Crippen LogP contribution in [0.5, 0.6) is 0 Å². The Morgan fingerprint density at radius 1 is 1.17 bits per heavy atom. The number of alkyl halides is 3. The van der Waals surface area contributed by atoms with Crippen LogP contribution in [0, 0.1) is 0 Å². The van der Waals surface area contributed by atoms with Crippen LogP contribution in [-0.4, -0.2) is 28.3 Å². The highest BCUT2D eigenvalue weighted by atomic mass is 35.5. The first kappa shape index (κ1) is 17.2. The second kappa shape index (κ2) is 6.71. The van der Waals surface area contributed by atoms with Crippen LogP contribution >= 0.6 is 12.4 Å². The van der Waals surface area contributed by atoms with E-state index in [4.69, 9.17) is 19.8 Å². The Bertz CT molecular complexity index is 151. The first-order chi connectivity index (χ1) is 4.68. The summed E-state index contributed by atoms with van der Waals surface area (Å²) in [5, 5.41) is 14.5. The molecule has 0 aromatic heterocycles. The van der Waals surface area contributed by atoms with Crippen LogP contribution in [0.1, 0.15) is 6.92 Å². The lowest BCUT2D eigenvalue weighted by Crippen LogP contribution is -2.21. The normalized spacial score (nSPS) is 8.67. The highest BCUT2D eigenvalue weighted by Crippen LogP contribution is 2.13. The summed E-state index contributed by atoms with van der Waals surface area (Å²) in [5.74, 6) is -3.59.